The summed E-state index contributed by atoms with van der Waals surface area (Å²) in [5.74, 6) is 0. The van der Waals surface area contributed by atoms with E-state index in [-0.39, 0.29) is 6.10 Å². The van der Waals surface area contributed by atoms with Crippen LogP contribution in [0.15, 0.2) is 0 Å². The lowest BCUT2D eigenvalue weighted by atomic mass is 10.0. The molecule has 0 aromatic rings. The third-order valence-corrected chi connectivity index (χ3v) is 2.17. The molecule has 2 N–H and O–H groups in total. The first-order valence-corrected chi connectivity index (χ1v) is 4.66. The van der Waals surface area contributed by atoms with Crippen molar-refractivity contribution in [3.05, 3.63) is 0 Å². The maximum atomic E-state index is 9.44. The van der Waals surface area contributed by atoms with E-state index in [1.165, 1.54) is 0 Å². The lowest BCUT2D eigenvalue weighted by Crippen LogP contribution is -2.21. The summed E-state index contributed by atoms with van der Waals surface area (Å²) >= 11 is 0. The predicted octanol–water partition coefficient (Wildman–Crippen LogP) is 0.687. The molecule has 3 nitrogen and oxygen atoms in total. The molecule has 3 heteroatoms. The zero-order valence-electron chi connectivity index (χ0n) is 7.57. The van der Waals surface area contributed by atoms with Crippen LogP contribution in [0, 0.1) is 0 Å². The van der Waals surface area contributed by atoms with Gasteiger partial charge in [0.1, 0.15) is 0 Å². The fraction of sp³-hybridized carbons (Fsp3) is 1.00. The van der Waals surface area contributed by atoms with Gasteiger partial charge in [0.25, 0.3) is 0 Å². The zero-order valence-corrected chi connectivity index (χ0v) is 7.57. The van der Waals surface area contributed by atoms with E-state index in [4.69, 9.17) is 9.84 Å². The molecule has 0 bridgehead atoms. The standard InChI is InChI=1S/C9H18O3/c1-7(10)5-8(11)6-9-3-2-4-12-9/h7-11H,2-6H2,1H3/t7-,8-,9+/m1/s1. The van der Waals surface area contributed by atoms with Crippen molar-refractivity contribution in [1.29, 1.82) is 0 Å². The monoisotopic (exact) mass is 174 g/mol. The molecule has 0 amide bonds. The Morgan fingerprint density at radius 1 is 1.50 bits per heavy atom. The van der Waals surface area contributed by atoms with E-state index in [9.17, 15) is 5.11 Å². The maximum absolute atomic E-state index is 9.44. The van der Waals surface area contributed by atoms with Crippen LogP contribution in [0.3, 0.4) is 0 Å². The molecule has 0 saturated carbocycles. The van der Waals surface area contributed by atoms with Gasteiger partial charge in [-0.1, -0.05) is 0 Å². The smallest absolute Gasteiger partial charge is 0.0600 e. The van der Waals surface area contributed by atoms with E-state index in [0.29, 0.717) is 12.8 Å². The molecular weight excluding hydrogens is 156 g/mol. The summed E-state index contributed by atoms with van der Waals surface area (Å²) in [6, 6.07) is 0. The molecule has 3 atom stereocenters. The quantitative estimate of drug-likeness (QED) is 0.659. The van der Waals surface area contributed by atoms with Gasteiger partial charge in [0.2, 0.25) is 0 Å². The number of hydrogen-bond acceptors (Lipinski definition) is 3. The molecule has 1 saturated heterocycles. The topological polar surface area (TPSA) is 49.7 Å². The summed E-state index contributed by atoms with van der Waals surface area (Å²) in [6.45, 7) is 2.52. The Hall–Kier alpha value is -0.120. The van der Waals surface area contributed by atoms with Crippen LogP contribution >= 0.6 is 0 Å². The summed E-state index contributed by atoms with van der Waals surface area (Å²) in [6.07, 6.45) is 2.68. The van der Waals surface area contributed by atoms with Crippen molar-refractivity contribution in [3.63, 3.8) is 0 Å². The molecular formula is C9H18O3. The fourth-order valence-electron chi connectivity index (χ4n) is 1.62. The Labute approximate surface area is 73.4 Å². The lowest BCUT2D eigenvalue weighted by Gasteiger charge is -2.16. The summed E-state index contributed by atoms with van der Waals surface area (Å²) in [5.41, 5.74) is 0. The number of aliphatic hydroxyl groups excluding tert-OH is 2. The maximum Gasteiger partial charge on any atom is 0.0600 e. The van der Waals surface area contributed by atoms with Crippen LogP contribution in [0.2, 0.25) is 0 Å². The molecule has 0 aromatic carbocycles. The SMILES string of the molecule is C[C@@H](O)C[C@@H](O)C[C@@H]1CCCO1. The minimum Gasteiger partial charge on any atom is -0.393 e. The lowest BCUT2D eigenvalue weighted by molar-refractivity contribution is 0.0304. The average Bonchev–Trinajstić information content (AvgIpc) is 2.37. The summed E-state index contributed by atoms with van der Waals surface area (Å²) in [7, 11) is 0. The van der Waals surface area contributed by atoms with Crippen LogP contribution in [0.4, 0.5) is 0 Å². The zero-order chi connectivity index (χ0) is 8.97. The second-order valence-electron chi connectivity index (χ2n) is 3.61. The van der Waals surface area contributed by atoms with Gasteiger partial charge in [-0.05, 0) is 32.6 Å². The van der Waals surface area contributed by atoms with Gasteiger partial charge in [-0.15, -0.1) is 0 Å². The Morgan fingerprint density at radius 3 is 2.75 bits per heavy atom. The minimum absolute atomic E-state index is 0.221. The highest BCUT2D eigenvalue weighted by Gasteiger charge is 2.19. The molecule has 1 rings (SSSR count). The van der Waals surface area contributed by atoms with Crippen LogP contribution in [0.5, 0.6) is 0 Å². The van der Waals surface area contributed by atoms with Gasteiger partial charge in [0.15, 0.2) is 0 Å². The van der Waals surface area contributed by atoms with Crippen molar-refractivity contribution >= 4 is 0 Å². The van der Waals surface area contributed by atoms with Crippen molar-refractivity contribution in [2.24, 2.45) is 0 Å². The van der Waals surface area contributed by atoms with Crippen LogP contribution in [0.25, 0.3) is 0 Å². The third kappa shape index (κ3) is 3.52. The van der Waals surface area contributed by atoms with E-state index in [1.807, 2.05) is 0 Å². The average molecular weight is 174 g/mol. The van der Waals surface area contributed by atoms with Gasteiger partial charge in [0.05, 0.1) is 18.3 Å². The van der Waals surface area contributed by atoms with Crippen molar-refractivity contribution in [1.82, 2.24) is 0 Å². The molecule has 0 spiro atoms. The first kappa shape index (κ1) is 9.96. The predicted molar refractivity (Wildman–Crippen MR) is 45.9 cm³/mol. The molecule has 1 aliphatic heterocycles. The Kier molecular flexibility index (Phi) is 3.98. The van der Waals surface area contributed by atoms with Gasteiger partial charge in [-0.3, -0.25) is 0 Å². The van der Waals surface area contributed by atoms with Crippen molar-refractivity contribution in [2.75, 3.05) is 6.61 Å². The molecule has 72 valence electrons. The minimum atomic E-state index is -0.415. The molecule has 12 heavy (non-hydrogen) atoms. The number of rotatable bonds is 4. The first-order valence-electron chi connectivity index (χ1n) is 4.66. The largest absolute Gasteiger partial charge is 0.393 e. The second kappa shape index (κ2) is 4.80. The third-order valence-electron chi connectivity index (χ3n) is 2.17. The van der Waals surface area contributed by atoms with Crippen LogP contribution in [0.1, 0.15) is 32.6 Å². The molecule has 0 aromatic heterocycles. The highest BCUT2D eigenvalue weighted by molar-refractivity contribution is 4.70. The summed E-state index contributed by atoms with van der Waals surface area (Å²) < 4.78 is 5.36. The van der Waals surface area contributed by atoms with Gasteiger partial charge in [0, 0.05) is 6.61 Å². The fourth-order valence-corrected chi connectivity index (χ4v) is 1.62. The van der Waals surface area contributed by atoms with E-state index in [0.717, 1.165) is 19.4 Å². The molecule has 1 aliphatic rings. The van der Waals surface area contributed by atoms with Crippen molar-refractivity contribution in [2.45, 2.75) is 50.9 Å². The van der Waals surface area contributed by atoms with Crippen LogP contribution in [-0.2, 0) is 4.74 Å². The van der Waals surface area contributed by atoms with E-state index in [1.54, 1.807) is 6.92 Å². The molecule has 0 aliphatic carbocycles. The molecule has 1 fully saturated rings. The van der Waals surface area contributed by atoms with Crippen molar-refractivity contribution < 1.29 is 14.9 Å². The molecule has 0 radical (unpaired) electrons. The van der Waals surface area contributed by atoms with Gasteiger partial charge < -0.3 is 14.9 Å². The Balaban J connectivity index is 2.11. The second-order valence-corrected chi connectivity index (χ2v) is 3.61. The Bertz CT molecular complexity index is 119. The van der Waals surface area contributed by atoms with E-state index in [2.05, 4.69) is 0 Å². The number of ether oxygens (including phenoxy) is 1. The summed E-state index contributed by atoms with van der Waals surface area (Å²) in [4.78, 5) is 0. The van der Waals surface area contributed by atoms with Gasteiger partial charge >= 0.3 is 0 Å². The molecule has 1 heterocycles. The highest BCUT2D eigenvalue weighted by atomic mass is 16.5. The van der Waals surface area contributed by atoms with E-state index >= 15 is 0 Å². The summed E-state index contributed by atoms with van der Waals surface area (Å²) in [5, 5.41) is 18.4. The van der Waals surface area contributed by atoms with Gasteiger partial charge in [-0.25, -0.2) is 0 Å². The van der Waals surface area contributed by atoms with Crippen LogP contribution in [-0.4, -0.2) is 35.1 Å². The van der Waals surface area contributed by atoms with E-state index < -0.39 is 12.2 Å². The molecule has 0 unspecified atom stereocenters. The first-order chi connectivity index (χ1) is 5.68. The Morgan fingerprint density at radius 2 is 2.25 bits per heavy atom. The number of aliphatic hydroxyl groups is 2. The van der Waals surface area contributed by atoms with Crippen LogP contribution < -0.4 is 0 Å². The number of hydrogen-bond donors (Lipinski definition) is 2. The van der Waals surface area contributed by atoms with Gasteiger partial charge in [-0.2, -0.15) is 0 Å². The highest BCUT2D eigenvalue weighted by Crippen LogP contribution is 2.18. The van der Waals surface area contributed by atoms with Crippen molar-refractivity contribution in [3.8, 4) is 0 Å². The normalized spacial score (nSPS) is 28.8.